The van der Waals surface area contributed by atoms with Crippen molar-refractivity contribution in [3.63, 3.8) is 0 Å². The van der Waals surface area contributed by atoms with Gasteiger partial charge in [-0.3, -0.25) is 0 Å². The predicted octanol–water partition coefficient (Wildman–Crippen LogP) is 0.209. The van der Waals surface area contributed by atoms with Crippen molar-refractivity contribution in [2.24, 2.45) is 0 Å². The summed E-state index contributed by atoms with van der Waals surface area (Å²) in [7, 11) is 3.62. The molecule has 0 unspecified atom stereocenters. The number of aryl methyl sites for hydroxylation is 1. The van der Waals surface area contributed by atoms with Gasteiger partial charge in [0.1, 0.15) is 0 Å². The third kappa shape index (κ3) is 4.35. The summed E-state index contributed by atoms with van der Waals surface area (Å²) >= 11 is 0. The van der Waals surface area contributed by atoms with Gasteiger partial charge in [0.15, 0.2) is 5.82 Å². The van der Waals surface area contributed by atoms with E-state index < -0.39 is 0 Å². The van der Waals surface area contributed by atoms with Crippen LogP contribution < -0.4 is 5.32 Å². The number of aromatic nitrogens is 4. The lowest BCUT2D eigenvalue weighted by Crippen LogP contribution is -2.13. The lowest BCUT2D eigenvalue weighted by atomic mass is 10.2. The molecule has 0 aliphatic carbocycles. The second kappa shape index (κ2) is 7.30. The van der Waals surface area contributed by atoms with Gasteiger partial charge < -0.3 is 10.1 Å². The first-order chi connectivity index (χ1) is 7.38. The zero-order chi connectivity index (χ0) is 10.9. The van der Waals surface area contributed by atoms with Crippen LogP contribution in [0.4, 0.5) is 0 Å². The average molecular weight is 213 g/mol. The average Bonchev–Trinajstić information content (AvgIpc) is 2.66. The van der Waals surface area contributed by atoms with Gasteiger partial charge in [-0.25, -0.2) is 4.68 Å². The summed E-state index contributed by atoms with van der Waals surface area (Å²) in [5.74, 6) is 0.893. The van der Waals surface area contributed by atoms with E-state index in [0.717, 1.165) is 38.2 Å². The van der Waals surface area contributed by atoms with Crippen molar-refractivity contribution in [2.45, 2.75) is 32.4 Å². The van der Waals surface area contributed by atoms with Gasteiger partial charge in [-0.05, 0) is 36.7 Å². The predicted molar refractivity (Wildman–Crippen MR) is 56.3 cm³/mol. The Morgan fingerprint density at radius 1 is 1.33 bits per heavy atom. The fourth-order valence-electron chi connectivity index (χ4n) is 1.37. The molecule has 86 valence electrons. The van der Waals surface area contributed by atoms with Crippen LogP contribution in [-0.4, -0.2) is 41.0 Å². The number of nitrogens with one attached hydrogen (secondary N) is 1. The highest BCUT2D eigenvalue weighted by molar-refractivity contribution is 4.78. The van der Waals surface area contributed by atoms with E-state index in [1.54, 1.807) is 7.11 Å². The number of hydrogen-bond acceptors (Lipinski definition) is 5. The first-order valence-corrected chi connectivity index (χ1v) is 5.27. The van der Waals surface area contributed by atoms with E-state index in [1.807, 2.05) is 11.7 Å². The smallest absolute Gasteiger partial charge is 0.165 e. The molecule has 1 heterocycles. The number of hydrogen-bond donors (Lipinski definition) is 1. The Bertz CT molecular complexity index is 263. The van der Waals surface area contributed by atoms with E-state index in [4.69, 9.17) is 4.74 Å². The van der Waals surface area contributed by atoms with E-state index in [-0.39, 0.29) is 0 Å². The van der Waals surface area contributed by atoms with Crippen LogP contribution in [0.5, 0.6) is 0 Å². The highest BCUT2D eigenvalue weighted by Crippen LogP contribution is 2.00. The van der Waals surface area contributed by atoms with Crippen LogP contribution in [0.15, 0.2) is 0 Å². The molecular weight excluding hydrogens is 194 g/mol. The van der Waals surface area contributed by atoms with Gasteiger partial charge in [0.25, 0.3) is 0 Å². The Labute approximate surface area is 90.0 Å². The molecular formula is C9H19N5O. The van der Waals surface area contributed by atoms with Gasteiger partial charge in [0.05, 0.1) is 6.54 Å². The number of methoxy groups -OCH3 is 1. The van der Waals surface area contributed by atoms with Gasteiger partial charge in [0.2, 0.25) is 0 Å². The standard InChI is InChI=1S/C9H19N5O/c1-10-8-9-11-12-13-14(9)6-4-3-5-7-15-2/h10H,3-8H2,1-2H3. The van der Waals surface area contributed by atoms with Crippen molar-refractivity contribution in [2.75, 3.05) is 20.8 Å². The summed E-state index contributed by atoms with van der Waals surface area (Å²) in [6.45, 7) is 2.43. The number of nitrogens with zero attached hydrogens (tertiary/aromatic N) is 4. The van der Waals surface area contributed by atoms with Crippen LogP contribution in [0, 0.1) is 0 Å². The summed E-state index contributed by atoms with van der Waals surface area (Å²) in [5.41, 5.74) is 0. The molecule has 15 heavy (non-hydrogen) atoms. The summed E-state index contributed by atoms with van der Waals surface area (Å²) in [4.78, 5) is 0. The molecule has 1 aromatic rings. The van der Waals surface area contributed by atoms with Crippen LogP contribution in [0.3, 0.4) is 0 Å². The van der Waals surface area contributed by atoms with E-state index in [9.17, 15) is 0 Å². The summed E-state index contributed by atoms with van der Waals surface area (Å²) in [5, 5.41) is 14.6. The highest BCUT2D eigenvalue weighted by Gasteiger charge is 2.03. The molecule has 0 bridgehead atoms. The Morgan fingerprint density at radius 2 is 2.20 bits per heavy atom. The minimum atomic E-state index is 0.713. The normalized spacial score (nSPS) is 10.8. The van der Waals surface area contributed by atoms with Gasteiger partial charge in [-0.2, -0.15) is 0 Å². The summed E-state index contributed by atoms with van der Waals surface area (Å²) in [6, 6.07) is 0. The second-order valence-electron chi connectivity index (χ2n) is 3.40. The molecule has 0 aromatic carbocycles. The van der Waals surface area contributed by atoms with Crippen molar-refractivity contribution in [1.29, 1.82) is 0 Å². The van der Waals surface area contributed by atoms with Gasteiger partial charge in [0, 0.05) is 20.3 Å². The quantitative estimate of drug-likeness (QED) is 0.625. The Morgan fingerprint density at radius 3 is 2.93 bits per heavy atom. The van der Waals surface area contributed by atoms with Crippen molar-refractivity contribution in [1.82, 2.24) is 25.5 Å². The molecule has 0 fully saturated rings. The number of ether oxygens (including phenoxy) is 1. The minimum Gasteiger partial charge on any atom is -0.385 e. The van der Waals surface area contributed by atoms with E-state index >= 15 is 0 Å². The zero-order valence-corrected chi connectivity index (χ0v) is 9.44. The number of rotatable bonds is 8. The molecule has 0 radical (unpaired) electrons. The van der Waals surface area contributed by atoms with Crippen molar-refractivity contribution in [3.05, 3.63) is 5.82 Å². The summed E-state index contributed by atoms with van der Waals surface area (Å²) < 4.78 is 6.83. The third-order valence-corrected chi connectivity index (χ3v) is 2.16. The molecule has 0 aliphatic heterocycles. The molecule has 0 spiro atoms. The molecule has 1 N–H and O–H groups in total. The molecule has 6 heteroatoms. The molecule has 6 nitrogen and oxygen atoms in total. The number of tetrazole rings is 1. The monoisotopic (exact) mass is 213 g/mol. The van der Waals surface area contributed by atoms with Crippen LogP contribution in [0.25, 0.3) is 0 Å². The van der Waals surface area contributed by atoms with Crippen molar-refractivity contribution < 1.29 is 4.74 Å². The molecule has 0 saturated carbocycles. The van der Waals surface area contributed by atoms with Crippen LogP contribution >= 0.6 is 0 Å². The third-order valence-electron chi connectivity index (χ3n) is 2.16. The topological polar surface area (TPSA) is 64.9 Å². The molecule has 1 aromatic heterocycles. The molecule has 0 aliphatic rings. The maximum Gasteiger partial charge on any atom is 0.165 e. The van der Waals surface area contributed by atoms with E-state index in [1.165, 1.54) is 0 Å². The lowest BCUT2D eigenvalue weighted by Gasteiger charge is -2.03. The first-order valence-electron chi connectivity index (χ1n) is 5.27. The fourth-order valence-corrected chi connectivity index (χ4v) is 1.37. The molecule has 1 rings (SSSR count). The molecule has 0 atom stereocenters. The van der Waals surface area contributed by atoms with Gasteiger partial charge in [-0.1, -0.05) is 0 Å². The summed E-state index contributed by atoms with van der Waals surface area (Å²) in [6.07, 6.45) is 3.33. The second-order valence-corrected chi connectivity index (χ2v) is 3.40. The first kappa shape index (κ1) is 12.1. The van der Waals surface area contributed by atoms with Gasteiger partial charge >= 0.3 is 0 Å². The lowest BCUT2D eigenvalue weighted by molar-refractivity contribution is 0.191. The fraction of sp³-hybridized carbons (Fsp3) is 0.889. The Kier molecular flexibility index (Phi) is 5.87. The van der Waals surface area contributed by atoms with Crippen molar-refractivity contribution in [3.8, 4) is 0 Å². The van der Waals surface area contributed by atoms with Crippen molar-refractivity contribution >= 4 is 0 Å². The zero-order valence-electron chi connectivity index (χ0n) is 9.44. The minimum absolute atomic E-state index is 0.713. The van der Waals surface area contributed by atoms with Gasteiger partial charge in [-0.15, -0.1) is 5.10 Å². The molecule has 0 amide bonds. The Balaban J connectivity index is 2.21. The maximum absolute atomic E-state index is 4.98. The van der Waals surface area contributed by atoms with E-state index in [0.29, 0.717) is 6.54 Å². The van der Waals surface area contributed by atoms with Crippen LogP contribution in [-0.2, 0) is 17.8 Å². The van der Waals surface area contributed by atoms with E-state index in [2.05, 4.69) is 20.8 Å². The molecule has 0 saturated heterocycles. The maximum atomic E-state index is 4.98. The number of unbranched alkanes of at least 4 members (excludes halogenated alkanes) is 2. The Hall–Kier alpha value is -1.01. The van der Waals surface area contributed by atoms with Crippen LogP contribution in [0.1, 0.15) is 25.1 Å². The highest BCUT2D eigenvalue weighted by atomic mass is 16.5. The van der Waals surface area contributed by atoms with Crippen LogP contribution in [0.2, 0.25) is 0 Å². The SMILES string of the molecule is CNCc1nnnn1CCCCCOC. The largest absolute Gasteiger partial charge is 0.385 e.